The molecule has 6 heteroatoms. The van der Waals surface area contributed by atoms with Gasteiger partial charge >= 0.3 is 0 Å². The average molecular weight is 375 g/mol. The summed E-state index contributed by atoms with van der Waals surface area (Å²) in [6.07, 6.45) is 7.06. The van der Waals surface area contributed by atoms with Crippen LogP contribution < -0.4 is 5.32 Å². The Labute approximate surface area is 159 Å². The smallest absolute Gasteiger partial charge is 0.146 e. The van der Waals surface area contributed by atoms with E-state index in [2.05, 4.69) is 24.1 Å². The molecule has 1 saturated carbocycles. The number of anilines is 1. The van der Waals surface area contributed by atoms with Gasteiger partial charge in [0.1, 0.15) is 16.5 Å². The second-order valence-electron chi connectivity index (χ2n) is 7.89. The molecule has 5 nitrogen and oxygen atoms in total. The number of likely N-dealkylation sites (tertiary alicyclic amines) is 1. The van der Waals surface area contributed by atoms with Crippen LogP contribution in [0.15, 0.2) is 0 Å². The third kappa shape index (κ3) is 3.59. The van der Waals surface area contributed by atoms with Crippen molar-refractivity contribution in [2.75, 3.05) is 25.0 Å². The molecule has 0 bridgehead atoms. The Kier molecular flexibility index (Phi) is 5.43. The number of aromatic nitrogens is 2. The molecule has 26 heavy (non-hydrogen) atoms. The first-order valence-electron chi connectivity index (χ1n) is 10.0. The lowest BCUT2D eigenvalue weighted by molar-refractivity contribution is 0.254. The van der Waals surface area contributed by atoms with Crippen LogP contribution >= 0.6 is 11.3 Å². The molecule has 0 spiro atoms. The number of thiophene rings is 1. The lowest BCUT2D eigenvalue weighted by Crippen LogP contribution is -2.26. The molecule has 2 N–H and O–H groups in total. The van der Waals surface area contributed by atoms with Crippen molar-refractivity contribution < 1.29 is 5.11 Å². The van der Waals surface area contributed by atoms with Crippen molar-refractivity contribution in [2.24, 2.45) is 5.92 Å². The molecule has 2 atom stereocenters. The summed E-state index contributed by atoms with van der Waals surface area (Å²) < 4.78 is 0. The molecule has 1 saturated heterocycles. The summed E-state index contributed by atoms with van der Waals surface area (Å²) in [5.74, 6) is 2.51. The molecule has 2 unspecified atom stereocenters. The van der Waals surface area contributed by atoms with Crippen molar-refractivity contribution in [3.63, 3.8) is 0 Å². The predicted molar refractivity (Wildman–Crippen MR) is 108 cm³/mol. The second-order valence-corrected chi connectivity index (χ2v) is 9.09. The fraction of sp³-hybridized carbons (Fsp3) is 0.700. The summed E-state index contributed by atoms with van der Waals surface area (Å²) in [4.78, 5) is 14.8. The summed E-state index contributed by atoms with van der Waals surface area (Å²) in [7, 11) is 0. The number of hydrogen-bond donors (Lipinski definition) is 2. The molecular formula is C20H30N4OS. The van der Waals surface area contributed by atoms with Gasteiger partial charge in [0.15, 0.2) is 0 Å². The molecule has 0 radical (unpaired) electrons. The Hall–Kier alpha value is -1.24. The number of rotatable bonds is 6. The van der Waals surface area contributed by atoms with Gasteiger partial charge in [-0.2, -0.15) is 0 Å². The van der Waals surface area contributed by atoms with E-state index in [0.29, 0.717) is 12.0 Å². The highest BCUT2D eigenvalue weighted by Crippen LogP contribution is 2.36. The van der Waals surface area contributed by atoms with Gasteiger partial charge in [0.25, 0.3) is 0 Å². The Bertz CT molecular complexity index is 769. The van der Waals surface area contributed by atoms with Crippen LogP contribution in [0.25, 0.3) is 10.2 Å². The zero-order valence-electron chi connectivity index (χ0n) is 15.9. The van der Waals surface area contributed by atoms with Gasteiger partial charge < -0.3 is 10.4 Å². The van der Waals surface area contributed by atoms with Gasteiger partial charge in [-0.05, 0) is 70.5 Å². The quantitative estimate of drug-likeness (QED) is 0.804. The Morgan fingerprint density at radius 3 is 2.73 bits per heavy atom. The minimum Gasteiger partial charge on any atom is -0.396 e. The van der Waals surface area contributed by atoms with E-state index in [4.69, 9.17) is 9.97 Å². The highest BCUT2D eigenvalue weighted by atomic mass is 32.1. The summed E-state index contributed by atoms with van der Waals surface area (Å²) in [5.41, 5.74) is 1.30. The van der Waals surface area contributed by atoms with Crippen LogP contribution in [0.5, 0.6) is 0 Å². The van der Waals surface area contributed by atoms with E-state index in [1.54, 1.807) is 11.3 Å². The van der Waals surface area contributed by atoms with E-state index in [-0.39, 0.29) is 6.61 Å². The number of aryl methyl sites for hydroxylation is 2. The van der Waals surface area contributed by atoms with Gasteiger partial charge in [-0.25, -0.2) is 9.97 Å². The maximum atomic E-state index is 9.38. The summed E-state index contributed by atoms with van der Waals surface area (Å²) in [6.45, 7) is 7.81. The second kappa shape index (κ2) is 7.79. The average Bonchev–Trinajstić information content (AvgIpc) is 3.32. The van der Waals surface area contributed by atoms with Crippen LogP contribution in [0, 0.1) is 19.8 Å². The van der Waals surface area contributed by atoms with E-state index in [9.17, 15) is 5.11 Å². The normalized spacial score (nSPS) is 24.0. The molecule has 3 heterocycles. The van der Waals surface area contributed by atoms with E-state index in [0.717, 1.165) is 42.5 Å². The number of aliphatic hydroxyl groups excluding tert-OH is 1. The molecule has 0 aromatic carbocycles. The molecule has 4 rings (SSSR count). The van der Waals surface area contributed by atoms with E-state index in [1.165, 1.54) is 47.9 Å². The predicted octanol–water partition coefficient (Wildman–Crippen LogP) is 3.87. The first-order chi connectivity index (χ1) is 12.7. The largest absolute Gasteiger partial charge is 0.396 e. The Morgan fingerprint density at radius 2 is 1.96 bits per heavy atom. The Morgan fingerprint density at radius 1 is 1.15 bits per heavy atom. The van der Waals surface area contributed by atoms with Crippen LogP contribution in [0.2, 0.25) is 0 Å². The Balaban J connectivity index is 1.66. The van der Waals surface area contributed by atoms with Crippen LogP contribution in [0.3, 0.4) is 0 Å². The van der Waals surface area contributed by atoms with Crippen molar-refractivity contribution in [1.29, 1.82) is 0 Å². The van der Waals surface area contributed by atoms with Crippen molar-refractivity contribution in [2.45, 2.75) is 65.0 Å². The van der Waals surface area contributed by atoms with Crippen molar-refractivity contribution >= 4 is 27.4 Å². The molecule has 2 aliphatic rings. The maximum absolute atomic E-state index is 9.38. The summed E-state index contributed by atoms with van der Waals surface area (Å²) in [5, 5.41) is 14.3. The maximum Gasteiger partial charge on any atom is 0.146 e. The molecule has 2 aromatic heterocycles. The fourth-order valence-corrected chi connectivity index (χ4v) is 5.57. The van der Waals surface area contributed by atoms with Gasteiger partial charge in [0.05, 0.1) is 11.9 Å². The molecule has 2 aromatic rings. The van der Waals surface area contributed by atoms with E-state index in [1.807, 2.05) is 0 Å². The molecule has 1 aliphatic carbocycles. The van der Waals surface area contributed by atoms with Gasteiger partial charge in [0, 0.05) is 17.5 Å². The third-order valence-corrected chi connectivity index (χ3v) is 7.22. The molecule has 0 amide bonds. The van der Waals surface area contributed by atoms with Crippen molar-refractivity contribution in [3.8, 4) is 0 Å². The zero-order chi connectivity index (χ0) is 18.1. The molecule has 142 valence electrons. The number of nitrogens with one attached hydrogen (secondary N) is 1. The number of fused-ring (bicyclic) bond motifs is 1. The first-order valence-corrected chi connectivity index (χ1v) is 10.8. The lowest BCUT2D eigenvalue weighted by Gasteiger charge is -2.22. The van der Waals surface area contributed by atoms with Gasteiger partial charge in [-0.1, -0.05) is 6.42 Å². The summed E-state index contributed by atoms with van der Waals surface area (Å²) >= 11 is 1.78. The lowest BCUT2D eigenvalue weighted by atomic mass is 10.00. The van der Waals surface area contributed by atoms with Gasteiger partial charge in [0.2, 0.25) is 0 Å². The fourth-order valence-electron chi connectivity index (χ4n) is 4.52. The SMILES string of the molecule is Cc1sc2nc(CN3CCCC3)nc(NC3CCCC3CCO)c2c1C. The zero-order valence-corrected chi connectivity index (χ0v) is 16.7. The topological polar surface area (TPSA) is 61.3 Å². The first kappa shape index (κ1) is 18.1. The van der Waals surface area contributed by atoms with Gasteiger partial charge in [-0.3, -0.25) is 4.90 Å². The van der Waals surface area contributed by atoms with E-state index < -0.39 is 0 Å². The van der Waals surface area contributed by atoms with Gasteiger partial charge in [-0.15, -0.1) is 11.3 Å². The minimum atomic E-state index is 0.277. The third-order valence-electron chi connectivity index (χ3n) is 6.12. The van der Waals surface area contributed by atoms with Crippen molar-refractivity contribution in [1.82, 2.24) is 14.9 Å². The van der Waals surface area contributed by atoms with Crippen LogP contribution in [0.4, 0.5) is 5.82 Å². The number of aliphatic hydroxyl groups is 1. The molecular weight excluding hydrogens is 344 g/mol. The monoisotopic (exact) mass is 374 g/mol. The number of hydrogen-bond acceptors (Lipinski definition) is 6. The minimum absolute atomic E-state index is 0.277. The summed E-state index contributed by atoms with van der Waals surface area (Å²) in [6, 6.07) is 0.416. The van der Waals surface area contributed by atoms with Crippen LogP contribution in [-0.4, -0.2) is 45.7 Å². The standard InChI is InChI=1S/C20H30N4OS/c1-13-14(2)26-20-18(13)19(21-16-7-5-6-15(16)8-11-25)22-17(23-20)12-24-9-3-4-10-24/h15-16,25H,3-12H2,1-2H3,(H,21,22,23). The molecule has 1 aliphatic heterocycles. The van der Waals surface area contributed by atoms with Crippen molar-refractivity contribution in [3.05, 3.63) is 16.3 Å². The molecule has 2 fully saturated rings. The highest BCUT2D eigenvalue weighted by molar-refractivity contribution is 7.18. The van der Waals surface area contributed by atoms with Crippen LogP contribution in [0.1, 0.15) is 54.8 Å². The number of nitrogens with zero attached hydrogens (tertiary/aromatic N) is 3. The van der Waals surface area contributed by atoms with E-state index >= 15 is 0 Å². The highest BCUT2D eigenvalue weighted by Gasteiger charge is 2.28. The van der Waals surface area contributed by atoms with Crippen LogP contribution in [-0.2, 0) is 6.54 Å².